The van der Waals surface area contributed by atoms with E-state index >= 15 is 0 Å². The summed E-state index contributed by atoms with van der Waals surface area (Å²) in [5, 5.41) is 11.0. The van der Waals surface area contributed by atoms with Gasteiger partial charge in [0.05, 0.1) is 19.4 Å². The number of ether oxygens (including phenoxy) is 1. The van der Waals surface area contributed by atoms with Crippen LogP contribution in [-0.2, 0) is 11.3 Å². The number of nitrogens with zero attached hydrogens (tertiary/aromatic N) is 2. The van der Waals surface area contributed by atoms with Crippen molar-refractivity contribution in [2.45, 2.75) is 25.4 Å². The predicted molar refractivity (Wildman–Crippen MR) is 99.8 cm³/mol. The van der Waals surface area contributed by atoms with Gasteiger partial charge in [0, 0.05) is 43.0 Å². The summed E-state index contributed by atoms with van der Waals surface area (Å²) in [5.41, 5.74) is 2.39. The summed E-state index contributed by atoms with van der Waals surface area (Å²) in [5.74, 6) is 4.22. The van der Waals surface area contributed by atoms with E-state index in [0.29, 0.717) is 0 Å². The lowest BCUT2D eigenvalue weighted by atomic mass is 9.95. The first-order valence-electron chi connectivity index (χ1n) is 8.97. The minimum absolute atomic E-state index is 0.264. The number of aromatic nitrogens is 2. The maximum atomic E-state index is 5.74. The lowest BCUT2D eigenvalue weighted by Gasteiger charge is -2.43. The zero-order valence-corrected chi connectivity index (χ0v) is 15.5. The zero-order chi connectivity index (χ0) is 17.1. The van der Waals surface area contributed by atoms with Gasteiger partial charge in [-0.1, -0.05) is 0 Å². The number of thioether (sulfide) groups is 1. The molecular formula is C18H26N4O2S. The van der Waals surface area contributed by atoms with Crippen LogP contribution in [0.15, 0.2) is 22.7 Å². The van der Waals surface area contributed by atoms with E-state index in [1.165, 1.54) is 17.9 Å². The van der Waals surface area contributed by atoms with Gasteiger partial charge in [0.25, 0.3) is 0 Å². The van der Waals surface area contributed by atoms with Crippen molar-refractivity contribution >= 4 is 11.8 Å². The minimum Gasteiger partial charge on any atom is -0.460 e. The van der Waals surface area contributed by atoms with Crippen LogP contribution < -0.4 is 5.32 Å². The van der Waals surface area contributed by atoms with Gasteiger partial charge >= 0.3 is 0 Å². The first kappa shape index (κ1) is 17.1. The lowest BCUT2D eigenvalue weighted by molar-refractivity contribution is -0.0134. The molecule has 7 heteroatoms. The van der Waals surface area contributed by atoms with Crippen molar-refractivity contribution in [3.8, 4) is 11.5 Å². The number of furan rings is 1. The Labute approximate surface area is 152 Å². The molecule has 0 radical (unpaired) electrons. The van der Waals surface area contributed by atoms with Gasteiger partial charge in [0.1, 0.15) is 11.5 Å². The largest absolute Gasteiger partial charge is 0.460 e. The quantitative estimate of drug-likeness (QED) is 0.822. The summed E-state index contributed by atoms with van der Waals surface area (Å²) in [7, 11) is 0. The van der Waals surface area contributed by atoms with Gasteiger partial charge in [-0.2, -0.15) is 16.9 Å². The molecule has 2 fully saturated rings. The van der Waals surface area contributed by atoms with Gasteiger partial charge in [0.2, 0.25) is 0 Å². The van der Waals surface area contributed by atoms with Crippen molar-refractivity contribution in [1.29, 1.82) is 0 Å². The smallest absolute Gasteiger partial charge is 0.152 e. The highest BCUT2D eigenvalue weighted by molar-refractivity contribution is 7.99. The Balaban J connectivity index is 1.40. The topological polar surface area (TPSA) is 66.3 Å². The number of H-pyrrole nitrogens is 1. The number of hydrogen-bond donors (Lipinski definition) is 2. The van der Waals surface area contributed by atoms with Gasteiger partial charge in [-0.25, -0.2) is 0 Å². The van der Waals surface area contributed by atoms with Gasteiger partial charge in [-0.15, -0.1) is 0 Å². The molecule has 2 N–H and O–H groups in total. The Bertz CT molecular complexity index is 687. The first-order valence-corrected chi connectivity index (χ1v) is 10.1. The molecule has 2 aromatic rings. The fraction of sp³-hybridized carbons (Fsp3) is 0.611. The normalized spacial score (nSPS) is 24.8. The molecule has 0 aliphatic carbocycles. The molecule has 0 aromatic carbocycles. The second-order valence-electron chi connectivity index (χ2n) is 6.91. The standard InChI is InChI=1S/C18H26N4O2S/c1-14-2-3-16(24-14)17-15(11-20-21-17)10-19-12-18(4-9-25-13-18)22-5-7-23-8-6-22/h2-3,11,19H,4-10,12-13H2,1H3,(H,20,21). The summed E-state index contributed by atoms with van der Waals surface area (Å²) in [6, 6.07) is 3.98. The molecule has 136 valence electrons. The molecule has 25 heavy (non-hydrogen) atoms. The van der Waals surface area contributed by atoms with Crippen molar-refractivity contribution in [3.63, 3.8) is 0 Å². The van der Waals surface area contributed by atoms with Crippen molar-refractivity contribution in [2.75, 3.05) is 44.4 Å². The van der Waals surface area contributed by atoms with Crippen molar-refractivity contribution in [2.24, 2.45) is 0 Å². The van der Waals surface area contributed by atoms with Gasteiger partial charge in [-0.05, 0) is 31.2 Å². The summed E-state index contributed by atoms with van der Waals surface area (Å²) < 4.78 is 11.3. The molecule has 1 atom stereocenters. The van der Waals surface area contributed by atoms with E-state index in [9.17, 15) is 0 Å². The molecular weight excluding hydrogens is 336 g/mol. The third kappa shape index (κ3) is 3.65. The van der Waals surface area contributed by atoms with Crippen molar-refractivity contribution < 1.29 is 9.15 Å². The van der Waals surface area contributed by atoms with Crippen LogP contribution >= 0.6 is 11.8 Å². The molecule has 6 nitrogen and oxygen atoms in total. The van der Waals surface area contributed by atoms with Crippen molar-refractivity contribution in [3.05, 3.63) is 29.7 Å². The lowest BCUT2D eigenvalue weighted by Crippen LogP contribution is -2.58. The number of aryl methyl sites for hydroxylation is 1. The van der Waals surface area contributed by atoms with E-state index in [2.05, 4.69) is 32.2 Å². The van der Waals surface area contributed by atoms with E-state index in [4.69, 9.17) is 9.15 Å². The SMILES string of the molecule is Cc1ccc(-c2[nH]ncc2CNCC2(N3CCOCC3)CCSC2)o1. The summed E-state index contributed by atoms with van der Waals surface area (Å²) in [4.78, 5) is 2.63. The summed E-state index contributed by atoms with van der Waals surface area (Å²) in [6.07, 6.45) is 3.14. The van der Waals surface area contributed by atoms with Crippen LogP contribution in [0.2, 0.25) is 0 Å². The third-order valence-corrected chi connectivity index (χ3v) is 6.47. The monoisotopic (exact) mass is 362 g/mol. The molecule has 4 heterocycles. The van der Waals surface area contributed by atoms with E-state index in [0.717, 1.165) is 62.2 Å². The van der Waals surface area contributed by atoms with Crippen LogP contribution in [0.4, 0.5) is 0 Å². The maximum absolute atomic E-state index is 5.74. The Kier molecular flexibility index (Phi) is 5.17. The van der Waals surface area contributed by atoms with E-state index < -0.39 is 0 Å². The molecule has 0 saturated carbocycles. The average Bonchev–Trinajstić information content (AvgIpc) is 3.37. The van der Waals surface area contributed by atoms with Gasteiger partial charge < -0.3 is 14.5 Å². The van der Waals surface area contributed by atoms with Crippen LogP contribution in [0.25, 0.3) is 11.5 Å². The van der Waals surface area contributed by atoms with E-state index in [-0.39, 0.29) is 5.54 Å². The average molecular weight is 362 g/mol. The van der Waals surface area contributed by atoms with Crippen LogP contribution in [0.5, 0.6) is 0 Å². The van der Waals surface area contributed by atoms with E-state index in [1.807, 2.05) is 25.3 Å². The molecule has 2 aromatic heterocycles. The van der Waals surface area contributed by atoms with E-state index in [1.54, 1.807) is 0 Å². The van der Waals surface area contributed by atoms with Crippen LogP contribution in [-0.4, -0.2) is 65.0 Å². The molecule has 4 rings (SSSR count). The molecule has 0 spiro atoms. The highest BCUT2D eigenvalue weighted by Crippen LogP contribution is 2.33. The highest BCUT2D eigenvalue weighted by atomic mass is 32.2. The van der Waals surface area contributed by atoms with Crippen LogP contribution in [0, 0.1) is 6.92 Å². The Morgan fingerprint density at radius 3 is 2.96 bits per heavy atom. The second kappa shape index (κ2) is 7.53. The highest BCUT2D eigenvalue weighted by Gasteiger charge is 2.40. The molecule has 0 amide bonds. The Hall–Kier alpha value is -1.28. The molecule has 2 aliphatic heterocycles. The summed E-state index contributed by atoms with van der Waals surface area (Å²) >= 11 is 2.07. The predicted octanol–water partition coefficient (Wildman–Crippen LogP) is 2.28. The zero-order valence-electron chi connectivity index (χ0n) is 14.7. The number of hydrogen-bond acceptors (Lipinski definition) is 6. The number of nitrogens with one attached hydrogen (secondary N) is 2. The fourth-order valence-electron chi connectivity index (χ4n) is 3.79. The van der Waals surface area contributed by atoms with Crippen molar-refractivity contribution in [1.82, 2.24) is 20.4 Å². The van der Waals surface area contributed by atoms with Crippen LogP contribution in [0.3, 0.4) is 0 Å². The molecule has 2 aliphatic rings. The fourth-order valence-corrected chi connectivity index (χ4v) is 5.27. The van der Waals surface area contributed by atoms with Gasteiger partial charge in [-0.3, -0.25) is 10.00 Å². The minimum atomic E-state index is 0.264. The third-order valence-electron chi connectivity index (χ3n) is 5.24. The summed E-state index contributed by atoms with van der Waals surface area (Å²) in [6.45, 7) is 7.56. The number of morpholine rings is 1. The Morgan fingerprint density at radius 1 is 1.36 bits per heavy atom. The van der Waals surface area contributed by atoms with Gasteiger partial charge in [0.15, 0.2) is 5.76 Å². The number of aromatic amines is 1. The molecule has 0 bridgehead atoms. The maximum Gasteiger partial charge on any atom is 0.152 e. The first-order chi connectivity index (χ1) is 12.3. The second-order valence-corrected chi connectivity index (χ2v) is 8.02. The Morgan fingerprint density at radius 2 is 2.24 bits per heavy atom. The molecule has 2 saturated heterocycles. The number of rotatable bonds is 6. The van der Waals surface area contributed by atoms with Crippen LogP contribution in [0.1, 0.15) is 17.7 Å². The molecule has 1 unspecified atom stereocenters.